The molecule has 1 aromatic heterocycles. The molecule has 1 unspecified atom stereocenters. The van der Waals surface area contributed by atoms with E-state index in [2.05, 4.69) is 5.32 Å². The van der Waals surface area contributed by atoms with E-state index >= 15 is 0 Å². The van der Waals surface area contributed by atoms with Gasteiger partial charge in [-0.05, 0) is 32.9 Å². The summed E-state index contributed by atoms with van der Waals surface area (Å²) >= 11 is 0. The van der Waals surface area contributed by atoms with Crippen molar-refractivity contribution in [2.45, 2.75) is 39.0 Å². The highest BCUT2D eigenvalue weighted by Crippen LogP contribution is 2.26. The van der Waals surface area contributed by atoms with E-state index in [1.807, 2.05) is 32.9 Å². The van der Waals surface area contributed by atoms with Gasteiger partial charge >= 0.3 is 6.09 Å². The molecule has 1 atom stereocenters. The Kier molecular flexibility index (Phi) is 4.90. The average Bonchev–Trinajstić information content (AvgIpc) is 2.86. The lowest BCUT2D eigenvalue weighted by Crippen LogP contribution is -2.50. The Balaban J connectivity index is 2.12. The zero-order chi connectivity index (χ0) is 15.5. The lowest BCUT2D eigenvalue weighted by atomic mass is 10.1. The van der Waals surface area contributed by atoms with Gasteiger partial charge in [0.1, 0.15) is 29.8 Å². The molecule has 1 saturated heterocycles. The minimum absolute atomic E-state index is 0.154. The summed E-state index contributed by atoms with van der Waals surface area (Å²) in [4.78, 5) is 14.1. The number of furan rings is 1. The van der Waals surface area contributed by atoms with Crippen molar-refractivity contribution in [1.29, 1.82) is 0 Å². The van der Waals surface area contributed by atoms with Crippen LogP contribution in [0.5, 0.6) is 0 Å². The average molecular weight is 296 g/mol. The summed E-state index contributed by atoms with van der Waals surface area (Å²) < 4.78 is 16.3. The number of amides is 1. The van der Waals surface area contributed by atoms with E-state index < -0.39 is 5.60 Å². The number of ether oxygens (including phenoxy) is 2. The maximum Gasteiger partial charge on any atom is 0.411 e. The van der Waals surface area contributed by atoms with Crippen molar-refractivity contribution in [2.75, 3.05) is 26.7 Å². The fourth-order valence-corrected chi connectivity index (χ4v) is 2.29. The van der Waals surface area contributed by atoms with Crippen molar-refractivity contribution in [2.24, 2.45) is 0 Å². The van der Waals surface area contributed by atoms with E-state index in [0.29, 0.717) is 19.7 Å². The Morgan fingerprint density at radius 3 is 2.90 bits per heavy atom. The van der Waals surface area contributed by atoms with Gasteiger partial charge in [-0.15, -0.1) is 0 Å². The Morgan fingerprint density at radius 1 is 1.48 bits per heavy atom. The first-order chi connectivity index (χ1) is 9.90. The number of rotatable bonds is 3. The molecule has 1 fully saturated rings. The van der Waals surface area contributed by atoms with Crippen LogP contribution in [0.4, 0.5) is 4.79 Å². The third-order valence-electron chi connectivity index (χ3n) is 3.17. The van der Waals surface area contributed by atoms with Gasteiger partial charge in [-0.2, -0.15) is 0 Å². The monoisotopic (exact) mass is 296 g/mol. The Labute approximate surface area is 125 Å². The normalized spacial score (nSPS) is 19.6. The first-order valence-electron chi connectivity index (χ1n) is 7.18. The van der Waals surface area contributed by atoms with Crippen LogP contribution in [0.2, 0.25) is 0 Å². The number of carbonyl (C=O) groups excluding carboxylic acids is 1. The largest absolute Gasteiger partial charge is 0.461 e. The standard InChI is InChI=1S/C15H24N2O4/c1-15(2,3)21-14(18)17-8-7-16-9-12(17)13-6-5-11(20-13)10-19-4/h5-6,12,16H,7-10H2,1-4H3. The second-order valence-electron chi connectivity index (χ2n) is 6.13. The van der Waals surface area contributed by atoms with Crippen molar-refractivity contribution in [3.63, 3.8) is 0 Å². The first-order valence-corrected chi connectivity index (χ1v) is 7.18. The summed E-state index contributed by atoms with van der Waals surface area (Å²) in [6.45, 7) is 8.02. The second-order valence-corrected chi connectivity index (χ2v) is 6.13. The quantitative estimate of drug-likeness (QED) is 0.927. The van der Waals surface area contributed by atoms with E-state index in [1.165, 1.54) is 0 Å². The third kappa shape index (κ3) is 4.22. The third-order valence-corrected chi connectivity index (χ3v) is 3.17. The maximum atomic E-state index is 12.3. The number of hydrogen-bond donors (Lipinski definition) is 1. The number of carbonyl (C=O) groups is 1. The molecule has 21 heavy (non-hydrogen) atoms. The number of nitrogens with zero attached hydrogens (tertiary/aromatic N) is 1. The molecule has 2 rings (SSSR count). The summed E-state index contributed by atoms with van der Waals surface area (Å²) in [5, 5.41) is 3.28. The summed E-state index contributed by atoms with van der Waals surface area (Å²) in [6, 6.07) is 3.61. The summed E-state index contributed by atoms with van der Waals surface area (Å²) in [5.74, 6) is 1.50. The van der Waals surface area contributed by atoms with Gasteiger partial charge < -0.3 is 19.2 Å². The zero-order valence-corrected chi connectivity index (χ0v) is 13.1. The van der Waals surface area contributed by atoms with Crippen LogP contribution in [0, 0.1) is 0 Å². The van der Waals surface area contributed by atoms with Gasteiger partial charge in [0.25, 0.3) is 0 Å². The summed E-state index contributed by atoms with van der Waals surface area (Å²) in [7, 11) is 1.62. The Hall–Kier alpha value is -1.53. The SMILES string of the molecule is COCc1ccc(C2CNCCN2C(=O)OC(C)(C)C)o1. The van der Waals surface area contributed by atoms with Crippen molar-refractivity contribution >= 4 is 6.09 Å². The van der Waals surface area contributed by atoms with Crippen LogP contribution in [0.1, 0.15) is 38.3 Å². The number of piperazine rings is 1. The lowest BCUT2D eigenvalue weighted by Gasteiger charge is -2.36. The predicted molar refractivity (Wildman–Crippen MR) is 78.0 cm³/mol. The van der Waals surface area contributed by atoms with Gasteiger partial charge in [0, 0.05) is 26.7 Å². The Bertz CT molecular complexity index is 478. The molecule has 0 bridgehead atoms. The second kappa shape index (κ2) is 6.49. The maximum absolute atomic E-state index is 12.3. The van der Waals surface area contributed by atoms with Gasteiger partial charge in [0.05, 0.1) is 0 Å². The minimum atomic E-state index is -0.503. The van der Waals surface area contributed by atoms with E-state index in [9.17, 15) is 4.79 Å². The van der Waals surface area contributed by atoms with Crippen LogP contribution < -0.4 is 5.32 Å². The van der Waals surface area contributed by atoms with Crippen molar-refractivity contribution in [3.05, 3.63) is 23.7 Å². The molecular weight excluding hydrogens is 272 g/mol. The highest BCUT2D eigenvalue weighted by Gasteiger charge is 2.33. The van der Waals surface area contributed by atoms with Crippen molar-refractivity contribution < 1.29 is 18.7 Å². The fourth-order valence-electron chi connectivity index (χ4n) is 2.29. The molecule has 118 valence electrons. The first kappa shape index (κ1) is 15.9. The Morgan fingerprint density at radius 2 is 2.24 bits per heavy atom. The van der Waals surface area contributed by atoms with Gasteiger partial charge in [0.15, 0.2) is 0 Å². The van der Waals surface area contributed by atoms with E-state index in [1.54, 1.807) is 12.0 Å². The molecule has 0 radical (unpaired) electrons. The highest BCUT2D eigenvalue weighted by molar-refractivity contribution is 5.69. The summed E-state index contributed by atoms with van der Waals surface area (Å²) in [5.41, 5.74) is -0.503. The molecule has 0 saturated carbocycles. The molecule has 1 N–H and O–H groups in total. The van der Waals surface area contributed by atoms with Gasteiger partial charge in [-0.3, -0.25) is 4.90 Å². The van der Waals surface area contributed by atoms with E-state index in [0.717, 1.165) is 18.1 Å². The van der Waals surface area contributed by atoms with Crippen LogP contribution in [-0.2, 0) is 16.1 Å². The zero-order valence-electron chi connectivity index (χ0n) is 13.1. The van der Waals surface area contributed by atoms with Gasteiger partial charge in [0.2, 0.25) is 0 Å². The van der Waals surface area contributed by atoms with Crippen molar-refractivity contribution in [3.8, 4) is 0 Å². The van der Waals surface area contributed by atoms with Gasteiger partial charge in [-0.1, -0.05) is 0 Å². The number of methoxy groups -OCH3 is 1. The summed E-state index contributed by atoms with van der Waals surface area (Å²) in [6.07, 6.45) is -0.307. The number of nitrogens with one attached hydrogen (secondary N) is 1. The van der Waals surface area contributed by atoms with Crippen LogP contribution in [0.15, 0.2) is 16.5 Å². The molecule has 0 aliphatic carbocycles. The molecule has 0 aromatic carbocycles. The van der Waals surface area contributed by atoms with E-state index in [4.69, 9.17) is 13.9 Å². The van der Waals surface area contributed by atoms with Crippen LogP contribution in [0.25, 0.3) is 0 Å². The smallest absolute Gasteiger partial charge is 0.411 e. The van der Waals surface area contributed by atoms with Crippen LogP contribution in [-0.4, -0.2) is 43.3 Å². The molecule has 1 aliphatic heterocycles. The fraction of sp³-hybridized carbons (Fsp3) is 0.667. The number of hydrogen-bond acceptors (Lipinski definition) is 5. The topological polar surface area (TPSA) is 63.9 Å². The van der Waals surface area contributed by atoms with Crippen molar-refractivity contribution in [1.82, 2.24) is 10.2 Å². The lowest BCUT2D eigenvalue weighted by molar-refractivity contribution is 0.00898. The molecule has 6 nitrogen and oxygen atoms in total. The molecule has 6 heteroatoms. The molecule has 1 aliphatic rings. The van der Waals surface area contributed by atoms with E-state index in [-0.39, 0.29) is 12.1 Å². The molecular formula is C15H24N2O4. The molecule has 1 aromatic rings. The molecule has 2 heterocycles. The van der Waals surface area contributed by atoms with Crippen LogP contribution in [0.3, 0.4) is 0 Å². The van der Waals surface area contributed by atoms with Crippen LogP contribution >= 0.6 is 0 Å². The predicted octanol–water partition coefficient (Wildman–Crippen LogP) is 2.31. The molecule has 0 spiro atoms. The van der Waals surface area contributed by atoms with Gasteiger partial charge in [-0.25, -0.2) is 4.79 Å². The molecule has 1 amide bonds. The highest BCUT2D eigenvalue weighted by atomic mass is 16.6. The minimum Gasteiger partial charge on any atom is -0.461 e.